The first-order chi connectivity index (χ1) is 17.8. The van der Waals surface area contributed by atoms with Crippen LogP contribution in [0.3, 0.4) is 0 Å². The molecule has 0 aliphatic carbocycles. The van der Waals surface area contributed by atoms with Crippen molar-refractivity contribution in [2.45, 2.75) is 40.5 Å². The van der Waals surface area contributed by atoms with Gasteiger partial charge in [-0.2, -0.15) is 0 Å². The molecule has 3 aromatic rings. The first kappa shape index (κ1) is 25.8. The number of nitrogens with zero attached hydrogens (tertiary/aromatic N) is 1. The molecule has 0 saturated carbocycles. The predicted octanol–water partition coefficient (Wildman–Crippen LogP) is 5.80. The van der Waals surface area contributed by atoms with E-state index < -0.39 is 17.9 Å². The molecule has 8 nitrogen and oxygen atoms in total. The predicted molar refractivity (Wildman–Crippen MR) is 138 cm³/mol. The summed E-state index contributed by atoms with van der Waals surface area (Å²) in [6.45, 7) is 9.17. The van der Waals surface area contributed by atoms with Gasteiger partial charge in [0.25, 0.3) is 0 Å². The van der Waals surface area contributed by atoms with E-state index in [2.05, 4.69) is 10.5 Å². The zero-order valence-corrected chi connectivity index (χ0v) is 21.6. The molecule has 0 bridgehead atoms. The average molecular weight is 503 g/mol. The molecule has 1 aromatic heterocycles. The number of nitrogens with one attached hydrogen (secondary N) is 1. The molecular formula is C29H30N2O6. The maximum Gasteiger partial charge on any atom is 0.336 e. The molecule has 37 heavy (non-hydrogen) atoms. The highest BCUT2D eigenvalue weighted by molar-refractivity contribution is 6.00. The molecule has 1 aliphatic heterocycles. The van der Waals surface area contributed by atoms with Crippen molar-refractivity contribution in [3.63, 3.8) is 0 Å². The normalized spacial score (nSPS) is 13.9. The fourth-order valence-corrected chi connectivity index (χ4v) is 4.50. The zero-order chi connectivity index (χ0) is 26.5. The molecule has 2 aromatic carbocycles. The number of allylic oxidation sites excluding steroid dienone is 2. The Bertz CT molecular complexity index is 1330. The van der Waals surface area contributed by atoms with Gasteiger partial charge in [0.2, 0.25) is 0 Å². The van der Waals surface area contributed by atoms with Gasteiger partial charge in [-0.3, -0.25) is 0 Å². The van der Waals surface area contributed by atoms with Crippen LogP contribution in [0.5, 0.6) is 11.5 Å². The summed E-state index contributed by atoms with van der Waals surface area (Å²) in [6, 6.07) is 16.9. The van der Waals surface area contributed by atoms with Crippen LogP contribution < -0.4 is 10.1 Å². The van der Waals surface area contributed by atoms with E-state index >= 15 is 0 Å². The van der Waals surface area contributed by atoms with Crippen LogP contribution >= 0.6 is 0 Å². The molecule has 2 heterocycles. The van der Waals surface area contributed by atoms with Gasteiger partial charge in [-0.1, -0.05) is 35.5 Å². The maximum atomic E-state index is 13.2. The van der Waals surface area contributed by atoms with E-state index in [1.165, 1.54) is 0 Å². The molecule has 1 aliphatic rings. The average Bonchev–Trinajstić information content (AvgIpc) is 3.25. The lowest BCUT2D eigenvalue weighted by atomic mass is 9.78. The Labute approximate surface area is 215 Å². The van der Waals surface area contributed by atoms with Crippen LogP contribution in [0.25, 0.3) is 11.3 Å². The summed E-state index contributed by atoms with van der Waals surface area (Å²) in [7, 11) is 0. The molecule has 0 unspecified atom stereocenters. The third-order valence-corrected chi connectivity index (χ3v) is 6.03. The third kappa shape index (κ3) is 5.28. The number of aryl methyl sites for hydroxylation is 1. The van der Waals surface area contributed by atoms with Gasteiger partial charge < -0.3 is 24.1 Å². The second kappa shape index (κ2) is 11.2. The number of carbonyl (C=O) groups excluding carboxylic acids is 2. The van der Waals surface area contributed by atoms with Crippen molar-refractivity contribution in [3.8, 4) is 22.8 Å². The minimum absolute atomic E-state index is 0.189. The lowest BCUT2D eigenvalue weighted by Gasteiger charge is -2.30. The third-order valence-electron chi connectivity index (χ3n) is 6.03. The highest BCUT2D eigenvalue weighted by Gasteiger charge is 2.41. The standard InChI is InChI=1S/C29H30N2O6/c1-6-34-28(32)23-17(3)30-18(4)24(29(33)35-7-2)26(23)25-19(5)37-31-27(25)20-12-11-15-22(16-20)36-21-13-9-8-10-14-21/h8-16,26,30H,6-7H2,1-5H3. The SMILES string of the molecule is CCOC(=O)C1=C(C)NC(C)=C(C(=O)OCC)C1c1c(-c2cccc(Oc3ccccc3)c2)noc1C. The fraction of sp³-hybridized carbons (Fsp3) is 0.276. The van der Waals surface area contributed by atoms with Crippen molar-refractivity contribution in [2.24, 2.45) is 0 Å². The van der Waals surface area contributed by atoms with Crippen LogP contribution in [0.4, 0.5) is 0 Å². The number of ether oxygens (including phenoxy) is 3. The number of hydrogen-bond acceptors (Lipinski definition) is 8. The van der Waals surface area contributed by atoms with E-state index in [4.69, 9.17) is 18.7 Å². The van der Waals surface area contributed by atoms with E-state index in [0.29, 0.717) is 56.6 Å². The van der Waals surface area contributed by atoms with Crippen molar-refractivity contribution in [1.82, 2.24) is 10.5 Å². The van der Waals surface area contributed by atoms with Crippen molar-refractivity contribution < 1.29 is 28.3 Å². The highest BCUT2D eigenvalue weighted by atomic mass is 16.5. The van der Waals surface area contributed by atoms with Gasteiger partial charge in [0, 0.05) is 22.5 Å². The summed E-state index contributed by atoms with van der Waals surface area (Å²) < 4.78 is 22.4. The summed E-state index contributed by atoms with van der Waals surface area (Å²) >= 11 is 0. The molecular weight excluding hydrogens is 472 g/mol. The van der Waals surface area contributed by atoms with Crippen LogP contribution in [0.2, 0.25) is 0 Å². The lowest BCUT2D eigenvalue weighted by molar-refractivity contribution is -0.139. The van der Waals surface area contributed by atoms with Gasteiger partial charge in [-0.25, -0.2) is 9.59 Å². The summed E-state index contributed by atoms with van der Waals surface area (Å²) in [5.74, 6) is -0.0880. The molecule has 8 heteroatoms. The molecule has 0 amide bonds. The maximum absolute atomic E-state index is 13.2. The van der Waals surface area contributed by atoms with Crippen molar-refractivity contribution in [2.75, 3.05) is 13.2 Å². The van der Waals surface area contributed by atoms with Gasteiger partial charge in [-0.05, 0) is 58.9 Å². The van der Waals surface area contributed by atoms with Crippen LogP contribution in [0.1, 0.15) is 44.9 Å². The Hall–Kier alpha value is -4.33. The summed E-state index contributed by atoms with van der Waals surface area (Å²) in [5, 5.41) is 7.49. The monoisotopic (exact) mass is 502 g/mol. The Morgan fingerprint density at radius 3 is 2.05 bits per heavy atom. The Balaban J connectivity index is 1.86. The molecule has 4 rings (SSSR count). The minimum atomic E-state index is -0.806. The molecule has 0 radical (unpaired) electrons. The number of dihydropyridines is 1. The number of esters is 2. The quantitative estimate of drug-likeness (QED) is 0.386. The first-order valence-electron chi connectivity index (χ1n) is 12.2. The van der Waals surface area contributed by atoms with E-state index in [1.54, 1.807) is 34.6 Å². The van der Waals surface area contributed by atoms with Crippen LogP contribution in [-0.2, 0) is 19.1 Å². The van der Waals surface area contributed by atoms with Crippen molar-refractivity contribution >= 4 is 11.9 Å². The fourth-order valence-electron chi connectivity index (χ4n) is 4.50. The summed E-state index contributed by atoms with van der Waals surface area (Å²) in [5.41, 5.74) is 3.57. The minimum Gasteiger partial charge on any atom is -0.463 e. The first-order valence-corrected chi connectivity index (χ1v) is 12.2. The number of para-hydroxylation sites is 1. The molecule has 0 atom stereocenters. The number of hydrogen-bond donors (Lipinski definition) is 1. The van der Waals surface area contributed by atoms with E-state index in [9.17, 15) is 9.59 Å². The number of aromatic nitrogens is 1. The van der Waals surface area contributed by atoms with Gasteiger partial charge in [0.15, 0.2) is 0 Å². The zero-order valence-electron chi connectivity index (χ0n) is 21.6. The second-order valence-electron chi connectivity index (χ2n) is 8.52. The number of rotatable bonds is 8. The van der Waals surface area contributed by atoms with Gasteiger partial charge in [0.05, 0.1) is 30.3 Å². The van der Waals surface area contributed by atoms with E-state index in [1.807, 2.05) is 54.6 Å². The topological polar surface area (TPSA) is 99.9 Å². The van der Waals surface area contributed by atoms with Gasteiger partial charge >= 0.3 is 11.9 Å². The van der Waals surface area contributed by atoms with E-state index in [-0.39, 0.29) is 13.2 Å². The van der Waals surface area contributed by atoms with Gasteiger partial charge in [0.1, 0.15) is 23.0 Å². The Morgan fingerprint density at radius 1 is 0.865 bits per heavy atom. The molecule has 0 saturated heterocycles. The second-order valence-corrected chi connectivity index (χ2v) is 8.52. The highest BCUT2D eigenvalue weighted by Crippen LogP contribution is 2.44. The summed E-state index contributed by atoms with van der Waals surface area (Å²) in [6.07, 6.45) is 0. The summed E-state index contributed by atoms with van der Waals surface area (Å²) in [4.78, 5) is 26.4. The molecule has 0 spiro atoms. The van der Waals surface area contributed by atoms with Crippen LogP contribution in [0.15, 0.2) is 81.7 Å². The number of carbonyl (C=O) groups is 2. The van der Waals surface area contributed by atoms with Crippen LogP contribution in [-0.4, -0.2) is 30.3 Å². The largest absolute Gasteiger partial charge is 0.463 e. The van der Waals surface area contributed by atoms with Crippen LogP contribution in [0, 0.1) is 6.92 Å². The van der Waals surface area contributed by atoms with Crippen molar-refractivity contribution in [3.05, 3.63) is 88.5 Å². The molecule has 1 N–H and O–H groups in total. The Morgan fingerprint density at radius 2 is 1.46 bits per heavy atom. The van der Waals surface area contributed by atoms with Crippen molar-refractivity contribution in [1.29, 1.82) is 0 Å². The van der Waals surface area contributed by atoms with E-state index in [0.717, 1.165) is 0 Å². The smallest absolute Gasteiger partial charge is 0.336 e. The number of benzene rings is 2. The van der Waals surface area contributed by atoms with Gasteiger partial charge in [-0.15, -0.1) is 0 Å². The lowest BCUT2D eigenvalue weighted by Crippen LogP contribution is -2.33. The molecule has 192 valence electrons. The molecule has 0 fully saturated rings. The Kier molecular flexibility index (Phi) is 7.77.